The minimum atomic E-state index is -0.800. The Kier molecular flexibility index (Phi) is 4.75. The van der Waals surface area contributed by atoms with Crippen LogP contribution in [0.5, 0.6) is 5.75 Å². The maximum Gasteiger partial charge on any atom is 0.177 e. The molecule has 0 spiro atoms. The molecular weight excluding hydrogens is 292 g/mol. The highest BCUT2D eigenvalue weighted by atomic mass is 32.1. The quantitative estimate of drug-likeness (QED) is 0.708. The van der Waals surface area contributed by atoms with E-state index in [4.69, 9.17) is 10.5 Å². The molecule has 1 aliphatic rings. The Labute approximate surface area is 128 Å². The lowest BCUT2D eigenvalue weighted by atomic mass is 10.2. The fourth-order valence-electron chi connectivity index (χ4n) is 2.28. The molecule has 2 unspecified atom stereocenters. The number of ketones is 1. The first-order valence-electron chi connectivity index (χ1n) is 7.08. The lowest BCUT2D eigenvalue weighted by molar-refractivity contribution is 0.0572. The molecule has 2 heterocycles. The van der Waals surface area contributed by atoms with Gasteiger partial charge in [0.15, 0.2) is 11.5 Å². The molecule has 1 fully saturated rings. The predicted octanol–water partition coefficient (Wildman–Crippen LogP) is 1.25. The smallest absolute Gasteiger partial charge is 0.177 e. The average molecular weight is 314 g/mol. The highest BCUT2D eigenvalue weighted by molar-refractivity contribution is 7.19. The SMILES string of the molecule is CCC(=O)c1sc(N2CC(O)C(O)C2)c(OC(C)C)c1N. The zero-order valence-electron chi connectivity index (χ0n) is 12.5. The summed E-state index contributed by atoms with van der Waals surface area (Å²) in [5.74, 6) is 0.450. The molecule has 0 aromatic carbocycles. The summed E-state index contributed by atoms with van der Waals surface area (Å²) >= 11 is 1.27. The number of hydrogen-bond acceptors (Lipinski definition) is 7. The molecule has 1 aromatic rings. The van der Waals surface area contributed by atoms with Crippen LogP contribution in [0, 0.1) is 0 Å². The van der Waals surface area contributed by atoms with Gasteiger partial charge in [-0.1, -0.05) is 6.92 Å². The average Bonchev–Trinajstić information content (AvgIpc) is 2.91. The van der Waals surface area contributed by atoms with Crippen LogP contribution in [0.15, 0.2) is 0 Å². The maximum atomic E-state index is 12.0. The number of hydrogen-bond donors (Lipinski definition) is 3. The minimum Gasteiger partial charge on any atom is -0.486 e. The van der Waals surface area contributed by atoms with Crippen LogP contribution in [-0.4, -0.2) is 47.4 Å². The number of Topliss-reactive ketones (excluding diaryl/α,β-unsaturated/α-hetero) is 1. The molecule has 1 saturated heterocycles. The van der Waals surface area contributed by atoms with Gasteiger partial charge in [0, 0.05) is 19.5 Å². The van der Waals surface area contributed by atoms with Gasteiger partial charge in [-0.2, -0.15) is 0 Å². The van der Waals surface area contributed by atoms with Gasteiger partial charge >= 0.3 is 0 Å². The lowest BCUT2D eigenvalue weighted by Gasteiger charge is -2.19. The van der Waals surface area contributed by atoms with Crippen LogP contribution in [0.3, 0.4) is 0 Å². The van der Waals surface area contributed by atoms with Crippen molar-refractivity contribution in [2.24, 2.45) is 0 Å². The number of carbonyl (C=O) groups is 1. The summed E-state index contributed by atoms with van der Waals surface area (Å²) in [7, 11) is 0. The molecule has 0 aliphatic carbocycles. The minimum absolute atomic E-state index is 0.0300. The maximum absolute atomic E-state index is 12.0. The van der Waals surface area contributed by atoms with E-state index in [1.165, 1.54) is 11.3 Å². The zero-order valence-corrected chi connectivity index (χ0v) is 13.3. The third kappa shape index (κ3) is 3.14. The summed E-state index contributed by atoms with van der Waals surface area (Å²) < 4.78 is 5.76. The number of rotatable bonds is 5. The fraction of sp³-hybridized carbons (Fsp3) is 0.643. The molecule has 6 nitrogen and oxygen atoms in total. The van der Waals surface area contributed by atoms with Gasteiger partial charge in [0.2, 0.25) is 0 Å². The van der Waals surface area contributed by atoms with Crippen LogP contribution in [0.2, 0.25) is 0 Å². The summed E-state index contributed by atoms with van der Waals surface area (Å²) in [6, 6.07) is 0. The zero-order chi connectivity index (χ0) is 15.7. The number of nitrogen functional groups attached to an aromatic ring is 1. The number of carbonyl (C=O) groups excluding carboxylic acids is 1. The van der Waals surface area contributed by atoms with Crippen molar-refractivity contribution in [3.63, 3.8) is 0 Å². The Morgan fingerprint density at radius 2 is 2.00 bits per heavy atom. The molecule has 0 amide bonds. The third-order valence-electron chi connectivity index (χ3n) is 3.36. The largest absolute Gasteiger partial charge is 0.486 e. The standard InChI is InChI=1S/C14H22N2O4S/c1-4-8(17)13-11(15)12(20-7(2)3)14(21-13)16-5-9(18)10(19)6-16/h7,9-10,18-19H,4-6,15H2,1-3H3. The summed E-state index contributed by atoms with van der Waals surface area (Å²) in [5, 5.41) is 20.1. The first-order chi connectivity index (χ1) is 9.85. The number of aliphatic hydroxyl groups is 2. The summed E-state index contributed by atoms with van der Waals surface area (Å²) in [4.78, 5) is 14.3. The molecule has 2 rings (SSSR count). The number of nitrogens with two attached hydrogens (primary N) is 1. The van der Waals surface area contributed by atoms with E-state index in [0.29, 0.717) is 40.8 Å². The van der Waals surface area contributed by atoms with E-state index in [0.717, 1.165) is 0 Å². The molecule has 0 saturated carbocycles. The van der Waals surface area contributed by atoms with Crippen LogP contribution >= 0.6 is 11.3 Å². The topological polar surface area (TPSA) is 96.0 Å². The van der Waals surface area contributed by atoms with E-state index in [-0.39, 0.29) is 11.9 Å². The first kappa shape index (κ1) is 16.1. The van der Waals surface area contributed by atoms with Crippen molar-refractivity contribution in [1.29, 1.82) is 0 Å². The number of anilines is 2. The number of nitrogens with zero attached hydrogens (tertiary/aromatic N) is 1. The molecule has 0 bridgehead atoms. The fourth-order valence-corrected chi connectivity index (χ4v) is 3.46. The monoisotopic (exact) mass is 314 g/mol. The van der Waals surface area contributed by atoms with Gasteiger partial charge in [-0.15, -0.1) is 11.3 Å². The van der Waals surface area contributed by atoms with Crippen LogP contribution in [0.25, 0.3) is 0 Å². The molecule has 7 heteroatoms. The molecule has 1 aliphatic heterocycles. The van der Waals surface area contributed by atoms with Crippen molar-refractivity contribution in [3.8, 4) is 5.75 Å². The summed E-state index contributed by atoms with van der Waals surface area (Å²) in [6.45, 7) is 6.16. The second-order valence-electron chi connectivity index (χ2n) is 5.46. The van der Waals surface area contributed by atoms with Crippen LogP contribution in [-0.2, 0) is 0 Å². The molecule has 21 heavy (non-hydrogen) atoms. The van der Waals surface area contributed by atoms with Crippen molar-refractivity contribution < 1.29 is 19.7 Å². The van der Waals surface area contributed by atoms with E-state index in [1.807, 2.05) is 18.7 Å². The first-order valence-corrected chi connectivity index (χ1v) is 7.90. The van der Waals surface area contributed by atoms with Crippen molar-refractivity contribution in [3.05, 3.63) is 4.88 Å². The van der Waals surface area contributed by atoms with E-state index in [1.54, 1.807) is 6.92 Å². The van der Waals surface area contributed by atoms with Gasteiger partial charge in [-0.3, -0.25) is 4.79 Å². The molecule has 4 N–H and O–H groups in total. The Hall–Kier alpha value is -1.31. The molecule has 1 aromatic heterocycles. The van der Waals surface area contributed by atoms with Crippen molar-refractivity contribution in [2.75, 3.05) is 23.7 Å². The number of aliphatic hydroxyl groups excluding tert-OH is 2. The molecular formula is C14H22N2O4S. The normalized spacial score (nSPS) is 22.1. The summed E-state index contributed by atoms with van der Waals surface area (Å²) in [6.07, 6.45) is -1.31. The van der Waals surface area contributed by atoms with Gasteiger partial charge in [-0.05, 0) is 13.8 Å². The second-order valence-corrected chi connectivity index (χ2v) is 6.46. The van der Waals surface area contributed by atoms with Gasteiger partial charge in [0.1, 0.15) is 5.00 Å². The third-order valence-corrected chi connectivity index (χ3v) is 4.65. The second kappa shape index (κ2) is 6.21. The van der Waals surface area contributed by atoms with Crippen LogP contribution in [0.1, 0.15) is 36.9 Å². The Balaban J connectivity index is 2.41. The Morgan fingerprint density at radius 1 is 1.43 bits per heavy atom. The van der Waals surface area contributed by atoms with Gasteiger partial charge in [-0.25, -0.2) is 0 Å². The predicted molar refractivity (Wildman–Crippen MR) is 83.3 cm³/mol. The molecule has 0 radical (unpaired) electrons. The number of ether oxygens (including phenoxy) is 1. The van der Waals surface area contributed by atoms with Gasteiger partial charge in [0.25, 0.3) is 0 Å². The highest BCUT2D eigenvalue weighted by Crippen LogP contribution is 2.46. The number of β-amino-alcohol motifs (C(OH)–C–C–N with tert-alkyl or cyclic N) is 2. The Morgan fingerprint density at radius 3 is 2.48 bits per heavy atom. The van der Waals surface area contributed by atoms with Crippen LogP contribution in [0.4, 0.5) is 10.7 Å². The van der Waals surface area contributed by atoms with Crippen molar-refractivity contribution in [1.82, 2.24) is 0 Å². The highest BCUT2D eigenvalue weighted by Gasteiger charge is 2.34. The van der Waals surface area contributed by atoms with E-state index >= 15 is 0 Å². The number of thiophene rings is 1. The van der Waals surface area contributed by atoms with Gasteiger partial charge < -0.3 is 25.6 Å². The van der Waals surface area contributed by atoms with E-state index < -0.39 is 12.2 Å². The summed E-state index contributed by atoms with van der Waals surface area (Å²) in [5.41, 5.74) is 6.43. The van der Waals surface area contributed by atoms with Gasteiger partial charge in [0.05, 0.1) is 28.9 Å². The van der Waals surface area contributed by atoms with E-state index in [2.05, 4.69) is 0 Å². The van der Waals surface area contributed by atoms with Crippen molar-refractivity contribution >= 4 is 27.8 Å². The molecule has 118 valence electrons. The van der Waals surface area contributed by atoms with Crippen LogP contribution < -0.4 is 15.4 Å². The van der Waals surface area contributed by atoms with E-state index in [9.17, 15) is 15.0 Å². The van der Waals surface area contributed by atoms with Crippen molar-refractivity contribution in [2.45, 2.75) is 45.5 Å². The molecule has 2 atom stereocenters. The Bertz CT molecular complexity index is 519. The lowest BCUT2D eigenvalue weighted by Crippen LogP contribution is -2.22.